The molecule has 1 aromatic carbocycles. The number of benzene rings is 1. The Morgan fingerprint density at radius 1 is 1.20 bits per heavy atom. The molecule has 1 aromatic heterocycles. The summed E-state index contributed by atoms with van der Waals surface area (Å²) in [6.45, 7) is 8.31. The zero-order chi connectivity index (χ0) is 13.9. The summed E-state index contributed by atoms with van der Waals surface area (Å²) in [7, 11) is 0. The molecule has 2 heterocycles. The highest BCUT2D eigenvalue weighted by Crippen LogP contribution is 2.45. The van der Waals surface area contributed by atoms with Gasteiger partial charge in [-0.1, -0.05) is 32.9 Å². The van der Waals surface area contributed by atoms with Crippen LogP contribution in [0, 0.1) is 11.3 Å². The zero-order valence-corrected chi connectivity index (χ0v) is 12.7. The molecule has 1 saturated heterocycles. The van der Waals surface area contributed by atoms with Crippen LogP contribution >= 0.6 is 0 Å². The number of piperidine rings is 1. The second-order valence-electron chi connectivity index (χ2n) is 7.71. The molecular weight excluding hydrogens is 244 g/mol. The fourth-order valence-electron chi connectivity index (χ4n) is 4.20. The van der Waals surface area contributed by atoms with Crippen molar-refractivity contribution in [3.8, 4) is 0 Å². The maximum Gasteiger partial charge on any atom is 0.0459 e. The summed E-state index contributed by atoms with van der Waals surface area (Å²) in [5.41, 5.74) is 4.77. The van der Waals surface area contributed by atoms with Gasteiger partial charge in [-0.15, -0.1) is 0 Å². The van der Waals surface area contributed by atoms with Crippen LogP contribution < -0.4 is 5.32 Å². The highest BCUT2D eigenvalue weighted by atomic mass is 14.9. The van der Waals surface area contributed by atoms with Gasteiger partial charge in [0.1, 0.15) is 0 Å². The van der Waals surface area contributed by atoms with Crippen molar-refractivity contribution in [3.05, 3.63) is 35.5 Å². The van der Waals surface area contributed by atoms with Crippen molar-refractivity contribution >= 4 is 10.9 Å². The number of fused-ring (bicyclic) bond motifs is 2. The van der Waals surface area contributed by atoms with Gasteiger partial charge in [-0.05, 0) is 47.9 Å². The van der Waals surface area contributed by atoms with Crippen LogP contribution in [0.25, 0.3) is 10.9 Å². The molecule has 0 amide bonds. The Kier molecular flexibility index (Phi) is 2.56. The summed E-state index contributed by atoms with van der Waals surface area (Å²) in [5, 5.41) is 5.34. The molecule has 1 fully saturated rings. The molecule has 2 aliphatic rings. The van der Waals surface area contributed by atoms with Gasteiger partial charge in [0, 0.05) is 29.1 Å². The van der Waals surface area contributed by atoms with E-state index in [2.05, 4.69) is 55.5 Å². The summed E-state index contributed by atoms with van der Waals surface area (Å²) in [6.07, 6.45) is 4.71. The SMILES string of the molecule is CC(C)(C)C1CN[C@@H]2Cc3c[nH]c4cccc(c34)[C@H]2C1. The van der Waals surface area contributed by atoms with Gasteiger partial charge in [-0.3, -0.25) is 0 Å². The van der Waals surface area contributed by atoms with Crippen molar-refractivity contribution in [3.63, 3.8) is 0 Å². The first-order valence-corrected chi connectivity index (χ1v) is 7.86. The lowest BCUT2D eigenvalue weighted by atomic mass is 9.67. The number of nitrogens with one attached hydrogen (secondary N) is 2. The Balaban J connectivity index is 1.78. The standard InChI is InChI=1S/C18H24N2/c1-18(2,3)12-8-14-13-5-4-6-15-17(13)11(9-19-15)7-16(14)20-10-12/h4-6,9,12,14,16,19-20H,7-8,10H2,1-3H3/t12?,14-,16-/m1/s1. The minimum Gasteiger partial charge on any atom is -0.361 e. The second-order valence-corrected chi connectivity index (χ2v) is 7.71. The summed E-state index contributed by atoms with van der Waals surface area (Å²) in [5.74, 6) is 1.44. The zero-order valence-electron chi connectivity index (χ0n) is 12.7. The topological polar surface area (TPSA) is 27.8 Å². The maximum absolute atomic E-state index is 3.84. The average Bonchev–Trinajstić information content (AvgIpc) is 2.82. The number of hydrogen-bond acceptors (Lipinski definition) is 1. The predicted octanol–water partition coefficient (Wildman–Crippen LogP) is 3.83. The van der Waals surface area contributed by atoms with E-state index in [-0.39, 0.29) is 0 Å². The first kappa shape index (κ1) is 12.5. The van der Waals surface area contributed by atoms with E-state index < -0.39 is 0 Å². The third-order valence-electron chi connectivity index (χ3n) is 5.53. The maximum atomic E-state index is 3.84. The van der Waals surface area contributed by atoms with Gasteiger partial charge in [0.2, 0.25) is 0 Å². The highest BCUT2D eigenvalue weighted by molar-refractivity contribution is 5.88. The van der Waals surface area contributed by atoms with Gasteiger partial charge in [0.25, 0.3) is 0 Å². The summed E-state index contributed by atoms with van der Waals surface area (Å²) in [6, 6.07) is 7.40. The van der Waals surface area contributed by atoms with Crippen LogP contribution in [0.2, 0.25) is 0 Å². The van der Waals surface area contributed by atoms with Gasteiger partial charge in [0.05, 0.1) is 0 Å². The Morgan fingerprint density at radius 2 is 2.05 bits per heavy atom. The fraction of sp³-hybridized carbons (Fsp3) is 0.556. The third-order valence-corrected chi connectivity index (χ3v) is 5.53. The van der Waals surface area contributed by atoms with E-state index in [0.717, 1.165) is 5.92 Å². The van der Waals surface area contributed by atoms with Gasteiger partial charge in [-0.2, -0.15) is 0 Å². The Bertz CT molecular complexity index is 647. The van der Waals surface area contributed by atoms with Gasteiger partial charge in [0.15, 0.2) is 0 Å². The van der Waals surface area contributed by atoms with Crippen molar-refractivity contribution in [1.82, 2.24) is 10.3 Å². The Morgan fingerprint density at radius 3 is 2.85 bits per heavy atom. The van der Waals surface area contributed by atoms with Gasteiger partial charge in [-0.25, -0.2) is 0 Å². The molecule has 1 aliphatic carbocycles. The third kappa shape index (κ3) is 1.74. The van der Waals surface area contributed by atoms with Crippen molar-refractivity contribution in [2.24, 2.45) is 11.3 Å². The normalized spacial score (nSPS) is 29.4. The number of hydrogen-bond donors (Lipinski definition) is 2. The minimum absolute atomic E-state index is 0.393. The van der Waals surface area contributed by atoms with E-state index in [1.807, 2.05) is 0 Å². The molecule has 1 unspecified atom stereocenters. The van der Waals surface area contributed by atoms with E-state index in [1.54, 1.807) is 5.56 Å². The molecule has 1 aliphatic heterocycles. The van der Waals surface area contributed by atoms with Crippen molar-refractivity contribution in [2.45, 2.75) is 45.6 Å². The quantitative estimate of drug-likeness (QED) is 0.746. The summed E-state index contributed by atoms with van der Waals surface area (Å²) >= 11 is 0. The largest absolute Gasteiger partial charge is 0.361 e. The molecule has 2 N–H and O–H groups in total. The minimum atomic E-state index is 0.393. The Labute approximate surface area is 121 Å². The molecule has 106 valence electrons. The predicted molar refractivity (Wildman–Crippen MR) is 84.1 cm³/mol. The van der Waals surface area contributed by atoms with E-state index in [0.29, 0.717) is 17.4 Å². The molecular formula is C18H24N2. The number of rotatable bonds is 0. The van der Waals surface area contributed by atoms with Crippen LogP contribution in [0.5, 0.6) is 0 Å². The molecule has 0 bridgehead atoms. The van der Waals surface area contributed by atoms with E-state index in [4.69, 9.17) is 0 Å². The molecule has 2 nitrogen and oxygen atoms in total. The number of aromatic amines is 1. The lowest BCUT2D eigenvalue weighted by Gasteiger charge is -2.44. The number of H-pyrrole nitrogens is 1. The van der Waals surface area contributed by atoms with E-state index >= 15 is 0 Å². The lowest BCUT2D eigenvalue weighted by Crippen LogP contribution is -2.49. The molecule has 0 spiro atoms. The monoisotopic (exact) mass is 268 g/mol. The molecule has 0 radical (unpaired) electrons. The van der Waals surface area contributed by atoms with Gasteiger partial charge < -0.3 is 10.3 Å². The molecule has 3 atom stereocenters. The van der Waals surface area contributed by atoms with Crippen LogP contribution in [-0.2, 0) is 6.42 Å². The van der Waals surface area contributed by atoms with Crippen molar-refractivity contribution < 1.29 is 0 Å². The first-order chi connectivity index (χ1) is 9.54. The molecule has 4 rings (SSSR count). The number of aromatic nitrogens is 1. The highest BCUT2D eigenvalue weighted by Gasteiger charge is 2.39. The first-order valence-electron chi connectivity index (χ1n) is 7.86. The average molecular weight is 268 g/mol. The second kappa shape index (κ2) is 4.11. The molecule has 20 heavy (non-hydrogen) atoms. The van der Waals surface area contributed by atoms with Crippen LogP contribution in [0.4, 0.5) is 0 Å². The van der Waals surface area contributed by atoms with Crippen LogP contribution in [0.1, 0.15) is 44.2 Å². The summed E-state index contributed by atoms with van der Waals surface area (Å²) in [4.78, 5) is 3.44. The Hall–Kier alpha value is -1.28. The molecule has 2 aromatic rings. The summed E-state index contributed by atoms with van der Waals surface area (Å²) < 4.78 is 0. The van der Waals surface area contributed by atoms with Crippen molar-refractivity contribution in [1.29, 1.82) is 0 Å². The van der Waals surface area contributed by atoms with Crippen LogP contribution in [0.3, 0.4) is 0 Å². The molecule has 0 saturated carbocycles. The van der Waals surface area contributed by atoms with Gasteiger partial charge >= 0.3 is 0 Å². The van der Waals surface area contributed by atoms with Crippen LogP contribution in [-0.4, -0.2) is 17.6 Å². The lowest BCUT2D eigenvalue weighted by molar-refractivity contribution is 0.152. The van der Waals surface area contributed by atoms with E-state index in [1.165, 1.54) is 35.9 Å². The van der Waals surface area contributed by atoms with Crippen LogP contribution in [0.15, 0.2) is 24.4 Å². The van der Waals surface area contributed by atoms with E-state index in [9.17, 15) is 0 Å². The smallest absolute Gasteiger partial charge is 0.0459 e. The van der Waals surface area contributed by atoms with Crippen molar-refractivity contribution in [2.75, 3.05) is 6.54 Å². The fourth-order valence-corrected chi connectivity index (χ4v) is 4.20. The molecule has 2 heteroatoms.